The van der Waals surface area contributed by atoms with Crippen LogP contribution in [-0.4, -0.2) is 42.9 Å². The number of fused-ring (bicyclic) bond motifs is 1. The van der Waals surface area contributed by atoms with E-state index in [-0.39, 0.29) is 17.6 Å². The quantitative estimate of drug-likeness (QED) is 0.575. The number of hydrogen-bond donors (Lipinski definition) is 1. The maximum absolute atomic E-state index is 11.9. The summed E-state index contributed by atoms with van der Waals surface area (Å²) in [6, 6.07) is -0.161. The van der Waals surface area contributed by atoms with Gasteiger partial charge in [0.2, 0.25) is 0 Å². The number of aryl methyl sites for hydroxylation is 1. The van der Waals surface area contributed by atoms with E-state index in [1.54, 1.807) is 30.1 Å². The Morgan fingerprint density at radius 1 is 1.61 bits per heavy atom. The van der Waals surface area contributed by atoms with E-state index in [1.807, 2.05) is 0 Å². The lowest BCUT2D eigenvalue weighted by molar-refractivity contribution is -0.142. The van der Waals surface area contributed by atoms with Crippen LogP contribution in [0.5, 0.6) is 0 Å². The fourth-order valence-electron chi connectivity index (χ4n) is 2.27. The Labute approximate surface area is 102 Å². The number of hydrogen-bond acceptors (Lipinski definition) is 4. The molecular weight excluding hydrogens is 236 g/mol. The number of nitrogens with zero attached hydrogens (tertiary/aromatic N) is 4. The van der Waals surface area contributed by atoms with Gasteiger partial charge < -0.3 is 5.11 Å². The topological polar surface area (TPSA) is 88.3 Å². The number of aromatic nitrogens is 3. The largest absolute Gasteiger partial charge is 0.477 e. The summed E-state index contributed by atoms with van der Waals surface area (Å²) >= 11 is 0. The summed E-state index contributed by atoms with van der Waals surface area (Å²) in [7, 11) is 1.74. The Morgan fingerprint density at radius 3 is 3.00 bits per heavy atom. The van der Waals surface area contributed by atoms with Gasteiger partial charge in [0.15, 0.2) is 0 Å². The number of carboxylic acids is 1. The highest BCUT2D eigenvalue weighted by Gasteiger charge is 2.48. The van der Waals surface area contributed by atoms with Crippen molar-refractivity contribution in [3.63, 3.8) is 0 Å². The Kier molecular flexibility index (Phi) is 2.09. The molecule has 0 aromatic carbocycles. The van der Waals surface area contributed by atoms with Crippen molar-refractivity contribution in [1.82, 2.24) is 19.9 Å². The maximum atomic E-state index is 11.9. The van der Waals surface area contributed by atoms with Crippen molar-refractivity contribution in [2.45, 2.75) is 12.5 Å². The molecule has 1 amide bonds. The second kappa shape index (κ2) is 3.52. The van der Waals surface area contributed by atoms with Crippen molar-refractivity contribution in [3.8, 4) is 0 Å². The molecule has 0 spiro atoms. The summed E-state index contributed by atoms with van der Waals surface area (Å²) in [6.45, 7) is 0. The smallest absolute Gasteiger partial charge is 0.352 e. The number of rotatable bonds is 2. The van der Waals surface area contributed by atoms with Crippen molar-refractivity contribution in [2.24, 2.45) is 7.05 Å². The highest BCUT2D eigenvalue weighted by atomic mass is 16.4. The first-order valence-electron chi connectivity index (χ1n) is 5.43. The van der Waals surface area contributed by atoms with Gasteiger partial charge in [-0.3, -0.25) is 14.4 Å². The molecule has 0 saturated carbocycles. The van der Waals surface area contributed by atoms with E-state index in [2.05, 4.69) is 10.3 Å². The fourth-order valence-corrected chi connectivity index (χ4v) is 2.27. The van der Waals surface area contributed by atoms with Crippen LogP contribution in [0.1, 0.15) is 12.1 Å². The molecule has 0 radical (unpaired) electrons. The van der Waals surface area contributed by atoms with Crippen molar-refractivity contribution >= 4 is 18.0 Å². The maximum Gasteiger partial charge on any atom is 0.352 e. The molecule has 2 aliphatic heterocycles. The molecule has 0 aliphatic carbocycles. The summed E-state index contributed by atoms with van der Waals surface area (Å²) in [5, 5.41) is 16.6. The molecule has 0 bridgehead atoms. The third kappa shape index (κ3) is 1.37. The minimum Gasteiger partial charge on any atom is -0.477 e. The number of carboxylic acid groups (broad SMARTS) is 1. The third-order valence-corrected chi connectivity index (χ3v) is 3.07. The van der Waals surface area contributed by atoms with Gasteiger partial charge in [-0.05, 0) is 12.5 Å². The Bertz CT molecular complexity index is 614. The number of aliphatic carboxylic acids is 1. The molecule has 0 unspecified atom stereocenters. The molecule has 7 nitrogen and oxygen atoms in total. The molecule has 18 heavy (non-hydrogen) atoms. The van der Waals surface area contributed by atoms with Crippen molar-refractivity contribution < 1.29 is 14.7 Å². The first-order chi connectivity index (χ1) is 8.58. The van der Waals surface area contributed by atoms with E-state index in [4.69, 9.17) is 5.11 Å². The average Bonchev–Trinajstić information content (AvgIpc) is 2.89. The van der Waals surface area contributed by atoms with Crippen LogP contribution in [0, 0.1) is 0 Å². The molecular formula is C11H10N4O3. The third-order valence-electron chi connectivity index (χ3n) is 3.07. The van der Waals surface area contributed by atoms with Gasteiger partial charge in [0.1, 0.15) is 11.4 Å². The van der Waals surface area contributed by atoms with Gasteiger partial charge in [-0.2, -0.15) is 0 Å². The molecule has 1 atom stereocenters. The molecule has 7 heteroatoms. The van der Waals surface area contributed by atoms with Crippen LogP contribution in [0.15, 0.2) is 23.5 Å². The Hall–Kier alpha value is -2.44. The monoisotopic (exact) mass is 246 g/mol. The minimum atomic E-state index is -1.07. The molecule has 92 valence electrons. The van der Waals surface area contributed by atoms with Crippen LogP contribution in [0.25, 0.3) is 6.08 Å². The van der Waals surface area contributed by atoms with E-state index in [9.17, 15) is 9.59 Å². The van der Waals surface area contributed by atoms with Crippen LogP contribution < -0.4 is 0 Å². The average molecular weight is 246 g/mol. The molecule has 1 aromatic rings. The van der Waals surface area contributed by atoms with Gasteiger partial charge in [0.05, 0.1) is 12.2 Å². The van der Waals surface area contributed by atoms with Crippen LogP contribution in [0.3, 0.4) is 0 Å². The molecule has 1 N–H and O–H groups in total. The summed E-state index contributed by atoms with van der Waals surface area (Å²) in [5.74, 6) is -1.33. The summed E-state index contributed by atoms with van der Waals surface area (Å²) in [4.78, 5) is 24.1. The van der Waals surface area contributed by atoms with Crippen LogP contribution in [-0.2, 0) is 16.6 Å². The molecule has 1 aromatic heterocycles. The zero-order chi connectivity index (χ0) is 12.9. The van der Waals surface area contributed by atoms with E-state index < -0.39 is 5.97 Å². The van der Waals surface area contributed by atoms with Gasteiger partial charge in [0.25, 0.3) is 5.91 Å². The predicted molar refractivity (Wildman–Crippen MR) is 59.9 cm³/mol. The van der Waals surface area contributed by atoms with Crippen molar-refractivity contribution in [3.05, 3.63) is 29.2 Å². The summed E-state index contributed by atoms with van der Waals surface area (Å²) in [5.41, 5.74) is 1.26. The molecule has 3 rings (SSSR count). The Balaban J connectivity index is 1.86. The molecule has 2 aliphatic rings. The Morgan fingerprint density at radius 2 is 2.39 bits per heavy atom. The zero-order valence-corrected chi connectivity index (χ0v) is 9.57. The second-order valence-corrected chi connectivity index (χ2v) is 4.24. The van der Waals surface area contributed by atoms with Gasteiger partial charge >= 0.3 is 5.97 Å². The van der Waals surface area contributed by atoms with E-state index in [0.29, 0.717) is 17.7 Å². The van der Waals surface area contributed by atoms with Gasteiger partial charge in [-0.15, -0.1) is 5.10 Å². The molecule has 1 saturated heterocycles. The van der Waals surface area contributed by atoms with Crippen molar-refractivity contribution in [1.29, 1.82) is 0 Å². The highest BCUT2D eigenvalue weighted by molar-refractivity contribution is 6.10. The zero-order valence-electron chi connectivity index (χ0n) is 9.57. The summed E-state index contributed by atoms with van der Waals surface area (Å²) < 4.78 is 1.54. The van der Waals surface area contributed by atoms with E-state index in [1.165, 1.54) is 4.90 Å². The lowest BCUT2D eigenvalue weighted by atomic mass is 9.94. The number of β-lactam (4-membered cyclic amide) rings is 1. The van der Waals surface area contributed by atoms with E-state index >= 15 is 0 Å². The predicted octanol–water partition coefficient (Wildman–Crippen LogP) is -0.218. The lowest BCUT2D eigenvalue weighted by Crippen LogP contribution is -2.52. The SMILES string of the molecule is Cn1cc(/C=C2/C(=O)N3C(C(=O)O)=CC[C@H]23)nn1. The number of carbonyl (C=O) groups is 2. The standard InChI is InChI=1S/C11H10N4O3/c1-14-5-6(12-13-14)4-7-8-2-3-9(11(17)18)15(8)10(7)16/h3-5,8H,2H2,1H3,(H,17,18)/b7-4+/t8-/m1/s1. The normalized spacial score (nSPS) is 23.9. The first-order valence-corrected chi connectivity index (χ1v) is 5.43. The number of amides is 1. The van der Waals surface area contributed by atoms with Crippen LogP contribution in [0.2, 0.25) is 0 Å². The lowest BCUT2D eigenvalue weighted by Gasteiger charge is -2.38. The van der Waals surface area contributed by atoms with Gasteiger partial charge in [-0.1, -0.05) is 11.3 Å². The number of carbonyl (C=O) groups excluding carboxylic acids is 1. The molecule has 1 fully saturated rings. The highest BCUT2D eigenvalue weighted by Crippen LogP contribution is 2.38. The molecule has 3 heterocycles. The van der Waals surface area contributed by atoms with Gasteiger partial charge in [0, 0.05) is 12.6 Å². The minimum absolute atomic E-state index is 0.0706. The van der Waals surface area contributed by atoms with Crippen LogP contribution in [0.4, 0.5) is 0 Å². The van der Waals surface area contributed by atoms with Crippen LogP contribution >= 0.6 is 0 Å². The van der Waals surface area contributed by atoms with Crippen molar-refractivity contribution in [2.75, 3.05) is 0 Å². The fraction of sp³-hybridized carbons (Fsp3) is 0.273. The first kappa shape index (κ1) is 10.7. The van der Waals surface area contributed by atoms with E-state index in [0.717, 1.165) is 0 Å². The summed E-state index contributed by atoms with van der Waals surface area (Å²) in [6.07, 6.45) is 5.47. The van der Waals surface area contributed by atoms with Gasteiger partial charge in [-0.25, -0.2) is 4.79 Å². The second-order valence-electron chi connectivity index (χ2n) is 4.24.